The number of para-hydroxylation sites is 1. The first-order valence-electron chi connectivity index (χ1n) is 6.60. The third-order valence-corrected chi connectivity index (χ3v) is 3.13. The van der Waals surface area contributed by atoms with Gasteiger partial charge < -0.3 is 0 Å². The van der Waals surface area contributed by atoms with E-state index in [1.807, 2.05) is 36.4 Å². The van der Waals surface area contributed by atoms with Crippen LogP contribution in [0.15, 0.2) is 70.6 Å². The van der Waals surface area contributed by atoms with E-state index in [9.17, 15) is 9.59 Å². The minimum Gasteiger partial charge on any atom is -0.211 e. The second-order valence-corrected chi connectivity index (χ2v) is 4.58. The molecular weight excluding hydrogens is 264 g/mol. The number of carbonyl (C=O) groups excluding carboxylic acids is 2. The van der Waals surface area contributed by atoms with Crippen LogP contribution in [-0.4, -0.2) is 18.2 Å². The topological polar surface area (TPSA) is 58.9 Å². The summed E-state index contributed by atoms with van der Waals surface area (Å²) in [6.45, 7) is 0. The van der Waals surface area contributed by atoms with Gasteiger partial charge in [-0.2, -0.15) is 4.99 Å². The number of aliphatic imine (C=N–C) groups is 2. The summed E-state index contributed by atoms with van der Waals surface area (Å²) in [6, 6.07) is 19.3. The monoisotopic (exact) mass is 278 g/mol. The van der Waals surface area contributed by atoms with Gasteiger partial charge in [0.15, 0.2) is 0 Å². The van der Waals surface area contributed by atoms with Gasteiger partial charge in [0.25, 0.3) is 0 Å². The normalized spacial score (nSPS) is 18.3. The Morgan fingerprint density at radius 2 is 1.48 bits per heavy atom. The smallest absolute Gasteiger partial charge is 0.211 e. The summed E-state index contributed by atoms with van der Waals surface area (Å²) in [5.74, 6) is 0.465. The molecule has 0 unspecified atom stereocenters. The highest BCUT2D eigenvalue weighted by molar-refractivity contribution is 5.47. The lowest BCUT2D eigenvalue weighted by molar-refractivity contribution is 0.562. The summed E-state index contributed by atoms with van der Waals surface area (Å²) in [5.41, 5.74) is 1.93. The number of hydrogen-bond acceptors (Lipinski definition) is 4. The Kier molecular flexibility index (Phi) is 5.36. The van der Waals surface area contributed by atoms with Crippen molar-refractivity contribution in [3.8, 4) is 0 Å². The molecule has 1 saturated carbocycles. The molecule has 1 aliphatic carbocycles. The van der Waals surface area contributed by atoms with Crippen LogP contribution in [-0.2, 0) is 9.59 Å². The zero-order chi connectivity index (χ0) is 14.9. The Labute approximate surface area is 122 Å². The SMILES string of the molecule is O=C=N[C@@H]1C[C@H]1c1ccccc1.O=C=Nc1ccccc1. The molecular formula is C17H14N2O2. The number of nitrogens with zero attached hydrogens (tertiary/aromatic N) is 2. The van der Waals surface area contributed by atoms with Crippen molar-refractivity contribution in [1.82, 2.24) is 0 Å². The summed E-state index contributed by atoms with van der Waals surface area (Å²) >= 11 is 0. The van der Waals surface area contributed by atoms with Crippen LogP contribution < -0.4 is 0 Å². The number of benzene rings is 2. The molecule has 0 heterocycles. The highest BCUT2D eigenvalue weighted by Crippen LogP contribution is 2.42. The van der Waals surface area contributed by atoms with E-state index in [1.54, 1.807) is 18.2 Å². The average Bonchev–Trinajstić information content (AvgIpc) is 3.30. The van der Waals surface area contributed by atoms with Crippen LogP contribution in [0.5, 0.6) is 0 Å². The van der Waals surface area contributed by atoms with Crippen molar-refractivity contribution in [3.05, 3.63) is 66.2 Å². The van der Waals surface area contributed by atoms with E-state index in [1.165, 1.54) is 11.6 Å². The van der Waals surface area contributed by atoms with Crippen LogP contribution in [0.2, 0.25) is 0 Å². The van der Waals surface area contributed by atoms with Gasteiger partial charge >= 0.3 is 0 Å². The van der Waals surface area contributed by atoms with Crippen molar-refractivity contribution in [3.63, 3.8) is 0 Å². The minimum atomic E-state index is 0.199. The van der Waals surface area contributed by atoms with Crippen molar-refractivity contribution in [2.75, 3.05) is 0 Å². The maximum atomic E-state index is 9.94. The van der Waals surface area contributed by atoms with Gasteiger partial charge in [0.2, 0.25) is 12.2 Å². The molecule has 4 nitrogen and oxygen atoms in total. The first kappa shape index (κ1) is 14.6. The molecule has 2 atom stereocenters. The van der Waals surface area contributed by atoms with Gasteiger partial charge in [-0.1, -0.05) is 48.5 Å². The molecule has 2 aromatic carbocycles. The van der Waals surface area contributed by atoms with E-state index in [0.29, 0.717) is 11.6 Å². The molecule has 0 amide bonds. The lowest BCUT2D eigenvalue weighted by atomic mass is 10.1. The zero-order valence-electron chi connectivity index (χ0n) is 11.3. The van der Waals surface area contributed by atoms with Crippen molar-refractivity contribution < 1.29 is 9.59 Å². The Hall–Kier alpha value is -2.80. The zero-order valence-corrected chi connectivity index (χ0v) is 11.3. The lowest BCUT2D eigenvalue weighted by Gasteiger charge is -1.94. The van der Waals surface area contributed by atoms with Gasteiger partial charge in [-0.25, -0.2) is 14.6 Å². The van der Waals surface area contributed by atoms with Crippen LogP contribution in [0, 0.1) is 0 Å². The first-order valence-corrected chi connectivity index (χ1v) is 6.60. The van der Waals surface area contributed by atoms with Crippen molar-refractivity contribution in [1.29, 1.82) is 0 Å². The van der Waals surface area contributed by atoms with E-state index in [2.05, 4.69) is 22.1 Å². The molecule has 0 bridgehead atoms. The Bertz CT molecular complexity index is 658. The van der Waals surface area contributed by atoms with Gasteiger partial charge in [0.1, 0.15) is 0 Å². The van der Waals surface area contributed by atoms with Crippen molar-refractivity contribution in [2.45, 2.75) is 18.4 Å². The second kappa shape index (κ2) is 7.71. The maximum absolute atomic E-state index is 9.94. The fourth-order valence-corrected chi connectivity index (χ4v) is 2.01. The second-order valence-electron chi connectivity index (χ2n) is 4.58. The minimum absolute atomic E-state index is 0.199. The predicted molar refractivity (Wildman–Crippen MR) is 79.9 cm³/mol. The summed E-state index contributed by atoms with van der Waals surface area (Å²) < 4.78 is 0. The third-order valence-electron chi connectivity index (χ3n) is 3.13. The maximum Gasteiger partial charge on any atom is 0.240 e. The predicted octanol–water partition coefficient (Wildman–Crippen LogP) is 3.53. The number of rotatable bonds is 3. The summed E-state index contributed by atoms with van der Waals surface area (Å²) in [7, 11) is 0. The first-order chi connectivity index (χ1) is 10.3. The fourth-order valence-electron chi connectivity index (χ4n) is 2.01. The standard InChI is InChI=1S/C10H9NO.C7H5NO/c12-7-11-10-6-9(10)8-4-2-1-3-5-8;9-6-8-7-4-2-1-3-5-7/h1-5,9-10H,6H2;1-5H/t9-,10+;/m0./s1. The van der Waals surface area contributed by atoms with Crippen LogP contribution in [0.25, 0.3) is 0 Å². The molecule has 0 N–H and O–H groups in total. The van der Waals surface area contributed by atoms with Gasteiger partial charge in [0.05, 0.1) is 11.7 Å². The van der Waals surface area contributed by atoms with Crippen LogP contribution in [0.4, 0.5) is 5.69 Å². The van der Waals surface area contributed by atoms with E-state index in [0.717, 1.165) is 6.42 Å². The summed E-state index contributed by atoms with van der Waals surface area (Å²) in [6.07, 6.45) is 4.06. The van der Waals surface area contributed by atoms with E-state index < -0.39 is 0 Å². The molecule has 1 aliphatic rings. The molecule has 21 heavy (non-hydrogen) atoms. The molecule has 3 rings (SSSR count). The van der Waals surface area contributed by atoms with E-state index >= 15 is 0 Å². The molecule has 0 aromatic heterocycles. The summed E-state index contributed by atoms with van der Waals surface area (Å²) in [5, 5.41) is 0. The van der Waals surface area contributed by atoms with Gasteiger partial charge in [0, 0.05) is 5.92 Å². The lowest BCUT2D eigenvalue weighted by Crippen LogP contribution is -1.82. The van der Waals surface area contributed by atoms with Gasteiger partial charge in [-0.3, -0.25) is 0 Å². The molecule has 0 aliphatic heterocycles. The van der Waals surface area contributed by atoms with Crippen molar-refractivity contribution >= 4 is 17.8 Å². The largest absolute Gasteiger partial charge is 0.240 e. The molecule has 0 radical (unpaired) electrons. The molecule has 0 spiro atoms. The molecule has 2 aromatic rings. The third kappa shape index (κ3) is 4.66. The Morgan fingerprint density at radius 1 is 0.857 bits per heavy atom. The average molecular weight is 278 g/mol. The Morgan fingerprint density at radius 3 is 2.05 bits per heavy atom. The van der Waals surface area contributed by atoms with Crippen LogP contribution in [0.3, 0.4) is 0 Å². The quantitative estimate of drug-likeness (QED) is 0.637. The fraction of sp³-hybridized carbons (Fsp3) is 0.176. The molecule has 104 valence electrons. The van der Waals surface area contributed by atoms with Crippen LogP contribution in [0.1, 0.15) is 17.9 Å². The highest BCUT2D eigenvalue weighted by Gasteiger charge is 2.38. The summed E-state index contributed by atoms with van der Waals surface area (Å²) in [4.78, 5) is 26.7. The molecule has 4 heteroatoms. The van der Waals surface area contributed by atoms with Gasteiger partial charge in [-0.15, -0.1) is 0 Å². The van der Waals surface area contributed by atoms with Crippen LogP contribution >= 0.6 is 0 Å². The van der Waals surface area contributed by atoms with E-state index in [-0.39, 0.29) is 6.04 Å². The van der Waals surface area contributed by atoms with Gasteiger partial charge in [-0.05, 0) is 24.1 Å². The van der Waals surface area contributed by atoms with Crippen molar-refractivity contribution in [2.24, 2.45) is 9.98 Å². The van der Waals surface area contributed by atoms with E-state index in [4.69, 9.17) is 0 Å². The number of hydrogen-bond donors (Lipinski definition) is 0. The Balaban J connectivity index is 0.000000161. The number of isocyanates is 2. The molecule has 1 fully saturated rings. The highest BCUT2D eigenvalue weighted by atomic mass is 16.1. The molecule has 0 saturated heterocycles.